The molecular weight excluding hydrogens is 216 g/mol. The highest BCUT2D eigenvalue weighted by Crippen LogP contribution is 2.16. The van der Waals surface area contributed by atoms with Crippen LogP contribution in [0.15, 0.2) is 0 Å². The van der Waals surface area contributed by atoms with Gasteiger partial charge in [0.25, 0.3) is 0 Å². The van der Waals surface area contributed by atoms with Gasteiger partial charge in [-0.05, 0) is 34.6 Å². The van der Waals surface area contributed by atoms with E-state index in [1.165, 1.54) is 0 Å². The first-order valence-electron chi connectivity index (χ1n) is 6.52. The molecule has 4 heteroatoms. The number of nitrogens with one attached hydrogen (secondary N) is 1. The van der Waals surface area contributed by atoms with Gasteiger partial charge in [0.15, 0.2) is 0 Å². The third kappa shape index (κ3) is 4.54. The lowest BCUT2D eigenvalue weighted by Crippen LogP contribution is -2.57. The first-order chi connectivity index (χ1) is 7.73. The minimum atomic E-state index is -0.679. The van der Waals surface area contributed by atoms with Crippen LogP contribution < -0.4 is 5.32 Å². The van der Waals surface area contributed by atoms with Crippen LogP contribution in [-0.4, -0.2) is 60.0 Å². The first kappa shape index (κ1) is 14.9. The van der Waals surface area contributed by atoms with Crippen LogP contribution in [0, 0.1) is 0 Å². The summed E-state index contributed by atoms with van der Waals surface area (Å²) in [4.78, 5) is 2.45. The summed E-state index contributed by atoms with van der Waals surface area (Å²) in [6.45, 7) is 14.7. The molecule has 0 aliphatic carbocycles. The van der Waals surface area contributed by atoms with E-state index in [1.807, 2.05) is 20.8 Å². The number of rotatable bonds is 5. The van der Waals surface area contributed by atoms with Crippen LogP contribution >= 0.6 is 0 Å². The molecule has 0 aromatic rings. The van der Waals surface area contributed by atoms with Crippen molar-refractivity contribution in [1.29, 1.82) is 0 Å². The van der Waals surface area contributed by atoms with Crippen LogP contribution in [-0.2, 0) is 4.74 Å². The van der Waals surface area contributed by atoms with Gasteiger partial charge >= 0.3 is 0 Å². The maximum Gasteiger partial charge on any atom is 0.0741 e. The lowest BCUT2D eigenvalue weighted by Gasteiger charge is -2.42. The Hall–Kier alpha value is -0.160. The molecule has 2 N–H and O–H groups in total. The molecule has 0 saturated carbocycles. The Morgan fingerprint density at radius 2 is 1.76 bits per heavy atom. The molecule has 1 atom stereocenters. The highest BCUT2D eigenvalue weighted by Gasteiger charge is 2.30. The van der Waals surface area contributed by atoms with Crippen molar-refractivity contribution in [2.24, 2.45) is 0 Å². The van der Waals surface area contributed by atoms with Crippen molar-refractivity contribution in [3.8, 4) is 0 Å². The fraction of sp³-hybridized carbons (Fsp3) is 1.00. The predicted octanol–water partition coefficient (Wildman–Crippen LogP) is 0.846. The molecule has 0 radical (unpaired) electrons. The van der Waals surface area contributed by atoms with Gasteiger partial charge in [0.05, 0.1) is 18.8 Å². The third-order valence-electron chi connectivity index (χ3n) is 3.77. The second-order valence-electron chi connectivity index (χ2n) is 6.17. The molecule has 4 nitrogen and oxygen atoms in total. The molecule has 1 heterocycles. The summed E-state index contributed by atoms with van der Waals surface area (Å²) in [6.07, 6.45) is 0. The fourth-order valence-corrected chi connectivity index (χ4v) is 1.93. The molecule has 17 heavy (non-hydrogen) atoms. The second kappa shape index (κ2) is 5.65. The molecule has 1 rings (SSSR count). The van der Waals surface area contributed by atoms with Gasteiger partial charge in [-0.2, -0.15) is 0 Å². The summed E-state index contributed by atoms with van der Waals surface area (Å²) < 4.78 is 5.37. The molecule has 1 aliphatic rings. The van der Waals surface area contributed by atoms with Crippen molar-refractivity contribution in [2.75, 3.05) is 32.8 Å². The van der Waals surface area contributed by atoms with E-state index in [9.17, 15) is 5.11 Å². The SMILES string of the molecule is CC(NCC(C)(C)N1CCOCC1)C(C)(C)O. The van der Waals surface area contributed by atoms with E-state index in [1.54, 1.807) is 0 Å². The van der Waals surface area contributed by atoms with Crippen molar-refractivity contribution in [2.45, 2.75) is 51.8 Å². The molecule has 0 aromatic carbocycles. The minimum absolute atomic E-state index is 0.0859. The molecule has 102 valence electrons. The van der Waals surface area contributed by atoms with Gasteiger partial charge < -0.3 is 15.2 Å². The van der Waals surface area contributed by atoms with E-state index in [-0.39, 0.29) is 11.6 Å². The first-order valence-corrected chi connectivity index (χ1v) is 6.52. The Morgan fingerprint density at radius 1 is 1.24 bits per heavy atom. The number of morpholine rings is 1. The van der Waals surface area contributed by atoms with Crippen molar-refractivity contribution < 1.29 is 9.84 Å². The molecule has 1 unspecified atom stereocenters. The van der Waals surface area contributed by atoms with Crippen LogP contribution in [0.1, 0.15) is 34.6 Å². The Bertz CT molecular complexity index is 230. The summed E-state index contributed by atoms with van der Waals surface area (Å²) in [5, 5.41) is 13.3. The van der Waals surface area contributed by atoms with Gasteiger partial charge in [0.2, 0.25) is 0 Å². The van der Waals surface area contributed by atoms with E-state index in [0.717, 1.165) is 32.8 Å². The van der Waals surface area contributed by atoms with Gasteiger partial charge in [-0.3, -0.25) is 4.90 Å². The van der Waals surface area contributed by atoms with Crippen LogP contribution in [0.25, 0.3) is 0 Å². The monoisotopic (exact) mass is 244 g/mol. The van der Waals surface area contributed by atoms with Crippen LogP contribution in [0.4, 0.5) is 0 Å². The van der Waals surface area contributed by atoms with Crippen LogP contribution in [0.2, 0.25) is 0 Å². The van der Waals surface area contributed by atoms with E-state index in [2.05, 4.69) is 24.1 Å². The van der Waals surface area contributed by atoms with Gasteiger partial charge in [-0.15, -0.1) is 0 Å². The standard InChI is InChI=1S/C13H28N2O2/c1-11(13(4,5)16)14-10-12(2,3)15-6-8-17-9-7-15/h11,14,16H,6-10H2,1-5H3. The lowest BCUT2D eigenvalue weighted by atomic mass is 9.97. The van der Waals surface area contributed by atoms with E-state index in [4.69, 9.17) is 4.74 Å². The Morgan fingerprint density at radius 3 is 2.24 bits per heavy atom. The van der Waals surface area contributed by atoms with E-state index >= 15 is 0 Å². The average Bonchev–Trinajstić information content (AvgIpc) is 2.26. The fourth-order valence-electron chi connectivity index (χ4n) is 1.93. The van der Waals surface area contributed by atoms with E-state index in [0.29, 0.717) is 0 Å². The van der Waals surface area contributed by atoms with Gasteiger partial charge in [-0.1, -0.05) is 0 Å². The zero-order chi connectivity index (χ0) is 13.1. The summed E-state index contributed by atoms with van der Waals surface area (Å²) in [5.74, 6) is 0. The maximum atomic E-state index is 9.90. The average molecular weight is 244 g/mol. The Balaban J connectivity index is 2.43. The largest absolute Gasteiger partial charge is 0.389 e. The molecule has 1 fully saturated rings. The number of nitrogens with zero attached hydrogens (tertiary/aromatic N) is 1. The van der Waals surface area contributed by atoms with E-state index < -0.39 is 5.60 Å². The normalized spacial score (nSPS) is 21.5. The number of ether oxygens (including phenoxy) is 1. The summed E-state index contributed by atoms with van der Waals surface area (Å²) >= 11 is 0. The van der Waals surface area contributed by atoms with Gasteiger partial charge in [0.1, 0.15) is 0 Å². The van der Waals surface area contributed by atoms with Crippen molar-refractivity contribution in [3.05, 3.63) is 0 Å². The minimum Gasteiger partial charge on any atom is -0.389 e. The molecule has 1 saturated heterocycles. The maximum absolute atomic E-state index is 9.90. The molecule has 0 amide bonds. The Kier molecular flexibility index (Phi) is 4.95. The number of aliphatic hydroxyl groups is 1. The van der Waals surface area contributed by atoms with Crippen LogP contribution in [0.5, 0.6) is 0 Å². The third-order valence-corrected chi connectivity index (χ3v) is 3.77. The molecule has 0 aromatic heterocycles. The predicted molar refractivity (Wildman–Crippen MR) is 70.2 cm³/mol. The van der Waals surface area contributed by atoms with Crippen molar-refractivity contribution in [3.63, 3.8) is 0 Å². The second-order valence-corrected chi connectivity index (χ2v) is 6.17. The number of hydrogen-bond donors (Lipinski definition) is 2. The van der Waals surface area contributed by atoms with Gasteiger partial charge in [0, 0.05) is 31.2 Å². The van der Waals surface area contributed by atoms with Crippen molar-refractivity contribution >= 4 is 0 Å². The van der Waals surface area contributed by atoms with Crippen molar-refractivity contribution in [1.82, 2.24) is 10.2 Å². The zero-order valence-electron chi connectivity index (χ0n) is 11.9. The smallest absolute Gasteiger partial charge is 0.0741 e. The van der Waals surface area contributed by atoms with Gasteiger partial charge in [-0.25, -0.2) is 0 Å². The lowest BCUT2D eigenvalue weighted by molar-refractivity contribution is -0.0154. The van der Waals surface area contributed by atoms with Crippen LogP contribution in [0.3, 0.4) is 0 Å². The Labute approximate surface area is 105 Å². The highest BCUT2D eigenvalue weighted by molar-refractivity contribution is 4.88. The zero-order valence-corrected chi connectivity index (χ0v) is 11.9. The molecule has 0 spiro atoms. The molecule has 0 bridgehead atoms. The summed E-state index contributed by atoms with van der Waals surface area (Å²) in [5.41, 5.74) is -0.579. The number of hydrogen-bond acceptors (Lipinski definition) is 4. The molecule has 1 aliphatic heterocycles. The summed E-state index contributed by atoms with van der Waals surface area (Å²) in [7, 11) is 0. The summed E-state index contributed by atoms with van der Waals surface area (Å²) in [6, 6.07) is 0.0859. The molecular formula is C13H28N2O2. The highest BCUT2D eigenvalue weighted by atomic mass is 16.5. The topological polar surface area (TPSA) is 44.7 Å². The quantitative estimate of drug-likeness (QED) is 0.752.